The maximum Gasteiger partial charge on any atom is 0.147 e. The molecule has 82 valence electrons. The second-order valence-electron chi connectivity index (χ2n) is 3.80. The highest BCUT2D eigenvalue weighted by atomic mass is 79.9. The highest BCUT2D eigenvalue weighted by molar-refractivity contribution is 9.10. The predicted octanol–water partition coefficient (Wildman–Crippen LogP) is 3.86. The fraction of sp³-hybridized carbons (Fsp3) is 0.455. The fourth-order valence-corrected chi connectivity index (χ4v) is 2.38. The van der Waals surface area contributed by atoms with Crippen molar-refractivity contribution in [3.05, 3.63) is 27.7 Å². The zero-order valence-electron chi connectivity index (χ0n) is 8.41. The van der Waals surface area contributed by atoms with E-state index in [0.717, 1.165) is 12.8 Å². The third-order valence-corrected chi connectivity index (χ3v) is 3.43. The van der Waals surface area contributed by atoms with Crippen molar-refractivity contribution in [2.24, 2.45) is 0 Å². The SMILES string of the molecule is CCC1CCc2c(F)c(Br)cc(F)c2N1. The van der Waals surface area contributed by atoms with E-state index < -0.39 is 0 Å². The zero-order valence-corrected chi connectivity index (χ0v) is 10.00. The van der Waals surface area contributed by atoms with Crippen molar-refractivity contribution in [3.8, 4) is 0 Å². The molecule has 15 heavy (non-hydrogen) atoms. The Morgan fingerprint density at radius 2 is 2.27 bits per heavy atom. The molecule has 0 bridgehead atoms. The van der Waals surface area contributed by atoms with Crippen molar-refractivity contribution in [2.75, 3.05) is 5.32 Å². The number of halogens is 3. The summed E-state index contributed by atoms with van der Waals surface area (Å²) >= 11 is 3.01. The first-order valence-electron chi connectivity index (χ1n) is 5.06. The average Bonchev–Trinajstić information content (AvgIpc) is 2.25. The minimum Gasteiger partial charge on any atom is -0.380 e. The molecular weight excluding hydrogens is 264 g/mol. The topological polar surface area (TPSA) is 12.0 Å². The first-order valence-corrected chi connectivity index (χ1v) is 5.85. The molecule has 1 heterocycles. The van der Waals surface area contributed by atoms with Crippen LogP contribution >= 0.6 is 15.9 Å². The summed E-state index contributed by atoms with van der Waals surface area (Å²) in [5.74, 6) is -0.718. The highest BCUT2D eigenvalue weighted by Gasteiger charge is 2.23. The van der Waals surface area contributed by atoms with Crippen LogP contribution in [0.4, 0.5) is 14.5 Å². The van der Waals surface area contributed by atoms with Gasteiger partial charge in [0.25, 0.3) is 0 Å². The monoisotopic (exact) mass is 275 g/mol. The second kappa shape index (κ2) is 4.08. The molecule has 1 unspecified atom stereocenters. The van der Waals surface area contributed by atoms with Gasteiger partial charge in [0, 0.05) is 11.6 Å². The average molecular weight is 276 g/mol. The zero-order chi connectivity index (χ0) is 11.0. The Hall–Kier alpha value is -0.640. The van der Waals surface area contributed by atoms with E-state index in [-0.39, 0.29) is 22.1 Å². The van der Waals surface area contributed by atoms with E-state index in [0.29, 0.717) is 17.7 Å². The van der Waals surface area contributed by atoms with Gasteiger partial charge in [0.1, 0.15) is 11.6 Å². The Balaban J connectivity index is 2.47. The number of rotatable bonds is 1. The van der Waals surface area contributed by atoms with Crippen molar-refractivity contribution in [3.63, 3.8) is 0 Å². The number of hydrogen-bond acceptors (Lipinski definition) is 1. The van der Waals surface area contributed by atoms with Gasteiger partial charge < -0.3 is 5.32 Å². The summed E-state index contributed by atoms with van der Waals surface area (Å²) < 4.78 is 27.4. The minimum atomic E-state index is -0.378. The summed E-state index contributed by atoms with van der Waals surface area (Å²) in [6.45, 7) is 2.04. The van der Waals surface area contributed by atoms with Crippen molar-refractivity contribution in [2.45, 2.75) is 32.2 Å². The molecule has 0 radical (unpaired) electrons. The van der Waals surface area contributed by atoms with Crippen LogP contribution in [0.1, 0.15) is 25.3 Å². The van der Waals surface area contributed by atoms with Gasteiger partial charge in [0.05, 0.1) is 10.2 Å². The quantitative estimate of drug-likeness (QED) is 0.768. The molecule has 1 N–H and O–H groups in total. The van der Waals surface area contributed by atoms with Crippen LogP contribution in [-0.2, 0) is 6.42 Å². The number of nitrogens with one attached hydrogen (secondary N) is 1. The lowest BCUT2D eigenvalue weighted by Crippen LogP contribution is -2.26. The van der Waals surface area contributed by atoms with Gasteiger partial charge in [-0.25, -0.2) is 8.78 Å². The van der Waals surface area contributed by atoms with Crippen molar-refractivity contribution in [1.29, 1.82) is 0 Å². The maximum atomic E-state index is 13.6. The normalized spacial score (nSPS) is 19.6. The van der Waals surface area contributed by atoms with E-state index >= 15 is 0 Å². The molecule has 0 saturated carbocycles. The molecule has 0 spiro atoms. The van der Waals surface area contributed by atoms with E-state index in [1.165, 1.54) is 6.07 Å². The molecular formula is C11H12BrF2N. The van der Waals surface area contributed by atoms with Crippen LogP contribution in [0, 0.1) is 11.6 Å². The maximum absolute atomic E-state index is 13.6. The Kier molecular flexibility index (Phi) is 2.96. The summed E-state index contributed by atoms with van der Waals surface area (Å²) in [6.07, 6.45) is 2.38. The number of benzene rings is 1. The van der Waals surface area contributed by atoms with Crippen LogP contribution in [0.25, 0.3) is 0 Å². The molecule has 0 aromatic heterocycles. The summed E-state index contributed by atoms with van der Waals surface area (Å²) in [4.78, 5) is 0. The van der Waals surface area contributed by atoms with Gasteiger partial charge in [-0.1, -0.05) is 6.92 Å². The van der Waals surface area contributed by atoms with Gasteiger partial charge in [0.2, 0.25) is 0 Å². The molecule has 1 aliphatic heterocycles. The van der Waals surface area contributed by atoms with E-state index in [1.54, 1.807) is 0 Å². The smallest absolute Gasteiger partial charge is 0.147 e. The molecule has 0 saturated heterocycles. The standard InChI is InChI=1S/C11H12BrF2N/c1-2-6-3-4-7-10(14)8(12)5-9(13)11(7)15-6/h5-6,15H,2-4H2,1H3. The molecule has 0 amide bonds. The third-order valence-electron chi connectivity index (χ3n) is 2.85. The molecule has 0 aliphatic carbocycles. The number of fused-ring (bicyclic) bond motifs is 1. The minimum absolute atomic E-state index is 0.204. The van der Waals surface area contributed by atoms with Crippen LogP contribution in [-0.4, -0.2) is 6.04 Å². The molecule has 4 heteroatoms. The molecule has 1 aromatic carbocycles. The summed E-state index contributed by atoms with van der Waals surface area (Å²) in [6, 6.07) is 1.44. The first-order chi connectivity index (χ1) is 7.13. The van der Waals surface area contributed by atoms with Gasteiger partial charge in [0.15, 0.2) is 0 Å². The molecule has 1 atom stereocenters. The molecule has 0 fully saturated rings. The lowest BCUT2D eigenvalue weighted by atomic mass is 9.96. The van der Waals surface area contributed by atoms with Gasteiger partial charge in [-0.05, 0) is 41.3 Å². The molecule has 1 nitrogen and oxygen atoms in total. The molecule has 2 rings (SSSR count). The summed E-state index contributed by atoms with van der Waals surface area (Å²) in [7, 11) is 0. The Morgan fingerprint density at radius 3 is 2.93 bits per heavy atom. The van der Waals surface area contributed by atoms with E-state index in [2.05, 4.69) is 21.2 Å². The van der Waals surface area contributed by atoms with Crippen molar-refractivity contribution >= 4 is 21.6 Å². The van der Waals surface area contributed by atoms with Gasteiger partial charge in [-0.3, -0.25) is 0 Å². The second-order valence-corrected chi connectivity index (χ2v) is 4.65. The summed E-state index contributed by atoms with van der Waals surface area (Å²) in [5, 5.41) is 3.05. The first kappa shape index (κ1) is 10.9. The fourth-order valence-electron chi connectivity index (χ4n) is 1.94. The van der Waals surface area contributed by atoms with Crippen LogP contribution in [0.2, 0.25) is 0 Å². The highest BCUT2D eigenvalue weighted by Crippen LogP contribution is 2.34. The molecule has 1 aromatic rings. The van der Waals surface area contributed by atoms with E-state index in [1.807, 2.05) is 6.92 Å². The Morgan fingerprint density at radius 1 is 1.53 bits per heavy atom. The van der Waals surface area contributed by atoms with Crippen LogP contribution in [0.3, 0.4) is 0 Å². The lowest BCUT2D eigenvalue weighted by Gasteiger charge is -2.27. The predicted molar refractivity (Wildman–Crippen MR) is 60.1 cm³/mol. The van der Waals surface area contributed by atoms with Crippen LogP contribution in [0.5, 0.6) is 0 Å². The lowest BCUT2D eigenvalue weighted by molar-refractivity contribution is 0.540. The Labute approximate surface area is 96.0 Å². The largest absolute Gasteiger partial charge is 0.380 e. The van der Waals surface area contributed by atoms with E-state index in [4.69, 9.17) is 0 Å². The number of anilines is 1. The van der Waals surface area contributed by atoms with Gasteiger partial charge in [-0.2, -0.15) is 0 Å². The third kappa shape index (κ3) is 1.87. The summed E-state index contributed by atoms with van der Waals surface area (Å²) in [5.41, 5.74) is 0.806. The van der Waals surface area contributed by atoms with Crippen molar-refractivity contribution in [1.82, 2.24) is 0 Å². The van der Waals surface area contributed by atoms with Gasteiger partial charge >= 0.3 is 0 Å². The Bertz CT molecular complexity index is 393. The molecule has 1 aliphatic rings. The number of hydrogen-bond donors (Lipinski definition) is 1. The van der Waals surface area contributed by atoms with E-state index in [9.17, 15) is 8.78 Å². The van der Waals surface area contributed by atoms with Crippen molar-refractivity contribution < 1.29 is 8.78 Å². The van der Waals surface area contributed by atoms with Gasteiger partial charge in [-0.15, -0.1) is 0 Å². The van der Waals surface area contributed by atoms with Crippen LogP contribution < -0.4 is 5.32 Å². The van der Waals surface area contributed by atoms with Crippen LogP contribution in [0.15, 0.2) is 10.5 Å².